The zero-order chi connectivity index (χ0) is 19.8. The fourth-order valence-corrected chi connectivity index (χ4v) is 2.47. The number of anilines is 3. The lowest BCUT2D eigenvalue weighted by Crippen LogP contribution is -2.39. The maximum atomic E-state index is 13.5. The first-order chi connectivity index (χ1) is 12.6. The summed E-state index contributed by atoms with van der Waals surface area (Å²) in [4.78, 5) is 13.3. The van der Waals surface area contributed by atoms with E-state index in [1.165, 1.54) is 18.2 Å². The van der Waals surface area contributed by atoms with Crippen LogP contribution < -0.4 is 16.4 Å². The summed E-state index contributed by atoms with van der Waals surface area (Å²) in [5.41, 5.74) is 7.30. The van der Waals surface area contributed by atoms with Crippen molar-refractivity contribution < 1.29 is 9.50 Å². The first-order valence-corrected chi connectivity index (χ1v) is 8.61. The summed E-state index contributed by atoms with van der Waals surface area (Å²) < 4.78 is 15.3. The van der Waals surface area contributed by atoms with Gasteiger partial charge in [0.25, 0.3) is 0 Å². The topological polar surface area (TPSA) is 114 Å². The van der Waals surface area contributed by atoms with Gasteiger partial charge in [0.1, 0.15) is 5.82 Å². The molecule has 0 bridgehead atoms. The van der Waals surface area contributed by atoms with Crippen molar-refractivity contribution in [2.45, 2.75) is 39.0 Å². The van der Waals surface area contributed by atoms with Gasteiger partial charge in [0, 0.05) is 19.3 Å². The number of nitrogens with two attached hydrogens (primary N) is 1. The number of aromatic nitrogens is 4. The van der Waals surface area contributed by atoms with Crippen molar-refractivity contribution in [1.29, 1.82) is 0 Å². The lowest BCUT2D eigenvalue weighted by atomic mass is 10.0. The molecule has 3 aromatic rings. The number of nitrogen functional groups attached to an aromatic ring is 1. The molecule has 0 aliphatic carbocycles. The van der Waals surface area contributed by atoms with Crippen LogP contribution in [0.2, 0.25) is 0 Å². The molecule has 2 heterocycles. The summed E-state index contributed by atoms with van der Waals surface area (Å²) in [6.45, 7) is 5.54. The molecule has 8 nitrogen and oxygen atoms in total. The fourth-order valence-electron chi connectivity index (χ4n) is 2.47. The van der Waals surface area contributed by atoms with Crippen LogP contribution in [-0.2, 0) is 13.6 Å². The SMILES string of the molecule is CC(Nc1nc(NCc2cc(F)ccc2N)c2ncn(C)c2n1)C(C)(C)O. The van der Waals surface area contributed by atoms with Crippen LogP contribution in [0.4, 0.5) is 21.8 Å². The fraction of sp³-hybridized carbons (Fsp3) is 0.389. The number of rotatable bonds is 6. The number of benzene rings is 1. The van der Waals surface area contributed by atoms with Crippen LogP contribution >= 0.6 is 0 Å². The first kappa shape index (κ1) is 18.8. The van der Waals surface area contributed by atoms with E-state index in [0.717, 1.165) is 0 Å². The van der Waals surface area contributed by atoms with Crippen LogP contribution in [0.3, 0.4) is 0 Å². The molecule has 1 aromatic carbocycles. The van der Waals surface area contributed by atoms with Crippen LogP contribution in [-0.4, -0.2) is 36.3 Å². The molecule has 1 atom stereocenters. The highest BCUT2D eigenvalue weighted by atomic mass is 19.1. The van der Waals surface area contributed by atoms with E-state index in [9.17, 15) is 9.50 Å². The zero-order valence-corrected chi connectivity index (χ0v) is 15.8. The van der Waals surface area contributed by atoms with Crippen molar-refractivity contribution in [2.24, 2.45) is 7.05 Å². The molecule has 0 fully saturated rings. The Kier molecular flexibility index (Phi) is 4.88. The van der Waals surface area contributed by atoms with Crippen molar-refractivity contribution in [3.05, 3.63) is 35.9 Å². The number of nitrogens with zero attached hydrogens (tertiary/aromatic N) is 4. The maximum absolute atomic E-state index is 13.5. The van der Waals surface area contributed by atoms with E-state index in [2.05, 4.69) is 25.6 Å². The summed E-state index contributed by atoms with van der Waals surface area (Å²) in [5.74, 6) is 0.498. The van der Waals surface area contributed by atoms with Crippen LogP contribution in [0.5, 0.6) is 0 Å². The van der Waals surface area contributed by atoms with Crippen molar-refractivity contribution in [3.8, 4) is 0 Å². The van der Waals surface area contributed by atoms with Crippen molar-refractivity contribution in [2.75, 3.05) is 16.4 Å². The number of halogens is 1. The molecule has 0 aliphatic heterocycles. The normalized spacial score (nSPS) is 13.0. The molecule has 144 valence electrons. The Hall–Kier alpha value is -2.94. The number of fused-ring (bicyclic) bond motifs is 1. The molecule has 3 rings (SSSR count). The average molecular weight is 373 g/mol. The van der Waals surface area contributed by atoms with Gasteiger partial charge < -0.3 is 26.0 Å². The number of nitrogens with one attached hydrogen (secondary N) is 2. The molecule has 0 saturated carbocycles. The highest BCUT2D eigenvalue weighted by molar-refractivity contribution is 5.84. The number of hydrogen-bond donors (Lipinski definition) is 4. The monoisotopic (exact) mass is 373 g/mol. The molecule has 0 amide bonds. The van der Waals surface area contributed by atoms with E-state index >= 15 is 0 Å². The second kappa shape index (κ2) is 6.99. The summed E-state index contributed by atoms with van der Waals surface area (Å²) in [5, 5.41) is 16.4. The Morgan fingerprint density at radius 1 is 1.33 bits per heavy atom. The number of aryl methyl sites for hydroxylation is 1. The Bertz CT molecular complexity index is 964. The number of hydrogen-bond acceptors (Lipinski definition) is 7. The van der Waals surface area contributed by atoms with Crippen LogP contribution in [0.25, 0.3) is 11.2 Å². The summed E-state index contributed by atoms with van der Waals surface area (Å²) in [6.07, 6.45) is 1.64. The lowest BCUT2D eigenvalue weighted by molar-refractivity contribution is 0.0646. The van der Waals surface area contributed by atoms with Gasteiger partial charge in [0.2, 0.25) is 5.95 Å². The third-order valence-corrected chi connectivity index (χ3v) is 4.52. The molecule has 5 N–H and O–H groups in total. The van der Waals surface area contributed by atoms with Crippen LogP contribution in [0, 0.1) is 5.82 Å². The van der Waals surface area contributed by atoms with E-state index in [1.54, 1.807) is 24.7 Å². The minimum absolute atomic E-state index is 0.283. The van der Waals surface area contributed by atoms with E-state index in [1.807, 2.05) is 14.0 Å². The van der Waals surface area contributed by atoms with Gasteiger partial charge in [-0.3, -0.25) is 0 Å². The predicted molar refractivity (Wildman–Crippen MR) is 104 cm³/mol. The smallest absolute Gasteiger partial charge is 0.227 e. The van der Waals surface area contributed by atoms with Gasteiger partial charge in [0.05, 0.1) is 18.0 Å². The van der Waals surface area contributed by atoms with E-state index in [4.69, 9.17) is 5.73 Å². The number of imidazole rings is 1. The van der Waals surface area contributed by atoms with Crippen molar-refractivity contribution >= 4 is 28.6 Å². The summed E-state index contributed by atoms with van der Waals surface area (Å²) in [7, 11) is 1.83. The Morgan fingerprint density at radius 3 is 2.78 bits per heavy atom. The van der Waals surface area contributed by atoms with Gasteiger partial charge >= 0.3 is 0 Å². The zero-order valence-electron chi connectivity index (χ0n) is 15.8. The molecule has 9 heteroatoms. The van der Waals surface area contributed by atoms with Crippen molar-refractivity contribution in [3.63, 3.8) is 0 Å². The quantitative estimate of drug-likeness (QED) is 0.490. The van der Waals surface area contributed by atoms with Crippen LogP contribution in [0.1, 0.15) is 26.3 Å². The molecule has 1 unspecified atom stereocenters. The molecule has 0 radical (unpaired) electrons. The number of aliphatic hydroxyl groups is 1. The van der Waals surface area contributed by atoms with E-state index in [0.29, 0.717) is 34.2 Å². The second-order valence-corrected chi connectivity index (χ2v) is 7.14. The predicted octanol–water partition coefficient (Wildman–Crippen LogP) is 2.27. The molecule has 0 aliphatic rings. The molecular formula is C18H24FN7O. The van der Waals surface area contributed by atoms with Crippen LogP contribution in [0.15, 0.2) is 24.5 Å². The van der Waals surface area contributed by atoms with E-state index < -0.39 is 5.60 Å². The van der Waals surface area contributed by atoms with Crippen molar-refractivity contribution in [1.82, 2.24) is 19.5 Å². The Balaban J connectivity index is 1.92. The third kappa shape index (κ3) is 4.08. The standard InChI is InChI=1S/C18H24FN7O/c1-10(18(2,3)27)23-17-24-15(14-16(25-17)26(4)9-22-14)21-8-11-7-12(19)5-6-13(11)20/h5-7,9-10,27H,8,20H2,1-4H3,(H2,21,23,24,25). The van der Waals surface area contributed by atoms with Gasteiger partial charge in [0.15, 0.2) is 17.0 Å². The van der Waals surface area contributed by atoms with Gasteiger partial charge in [-0.1, -0.05) is 0 Å². The minimum Gasteiger partial charge on any atom is -0.398 e. The Labute approximate surface area is 156 Å². The van der Waals surface area contributed by atoms with Gasteiger partial charge in [-0.2, -0.15) is 9.97 Å². The van der Waals surface area contributed by atoms with Gasteiger partial charge in [-0.25, -0.2) is 9.37 Å². The molecule has 0 spiro atoms. The highest BCUT2D eigenvalue weighted by Gasteiger charge is 2.23. The van der Waals surface area contributed by atoms with E-state index in [-0.39, 0.29) is 18.4 Å². The Morgan fingerprint density at radius 2 is 2.07 bits per heavy atom. The third-order valence-electron chi connectivity index (χ3n) is 4.52. The lowest BCUT2D eigenvalue weighted by Gasteiger charge is -2.26. The molecule has 2 aromatic heterocycles. The molecular weight excluding hydrogens is 349 g/mol. The second-order valence-electron chi connectivity index (χ2n) is 7.14. The minimum atomic E-state index is -0.950. The molecule has 27 heavy (non-hydrogen) atoms. The van der Waals surface area contributed by atoms with Gasteiger partial charge in [-0.05, 0) is 44.5 Å². The molecule has 0 saturated heterocycles. The summed E-state index contributed by atoms with van der Waals surface area (Å²) >= 11 is 0. The highest BCUT2D eigenvalue weighted by Crippen LogP contribution is 2.23. The maximum Gasteiger partial charge on any atom is 0.227 e. The van der Waals surface area contributed by atoms with Gasteiger partial charge in [-0.15, -0.1) is 0 Å². The average Bonchev–Trinajstić information content (AvgIpc) is 2.96. The largest absolute Gasteiger partial charge is 0.398 e. The first-order valence-electron chi connectivity index (χ1n) is 8.61. The summed E-state index contributed by atoms with van der Waals surface area (Å²) in [6, 6.07) is 3.95.